The SMILES string of the molecule is C[C@]1(O)CC[C@H](CNc2ncc(S(=O)(=O)NC(=O)c3ccc(N4CCC5(CC4)CC(N4CCOC6C[C@@]64c4ccccc4Br)C5)cc3Oc3cnc4[nH]ccc4c3)cc2[N+](=O)[O-])CC1. The summed E-state index contributed by atoms with van der Waals surface area (Å²) in [7, 11) is -4.63. The Morgan fingerprint density at radius 3 is 2.58 bits per heavy atom. The first-order chi connectivity index (χ1) is 30.7. The lowest BCUT2D eigenvalue weighted by Gasteiger charge is -2.58. The van der Waals surface area contributed by atoms with E-state index in [1.54, 1.807) is 37.4 Å². The molecule has 16 nitrogen and oxygen atoms in total. The fourth-order valence-corrected chi connectivity index (χ4v) is 12.3. The average Bonchev–Trinajstić information content (AvgIpc) is 3.84. The second-order valence-electron chi connectivity index (χ2n) is 18.6. The summed E-state index contributed by atoms with van der Waals surface area (Å²) in [4.78, 5) is 41.4. The van der Waals surface area contributed by atoms with Gasteiger partial charge in [0.1, 0.15) is 22.0 Å². The van der Waals surface area contributed by atoms with Crippen LogP contribution in [0.25, 0.3) is 11.0 Å². The van der Waals surface area contributed by atoms with Gasteiger partial charge < -0.3 is 29.8 Å². The molecule has 1 amide bonds. The van der Waals surface area contributed by atoms with Crippen molar-refractivity contribution in [1.82, 2.24) is 24.6 Å². The van der Waals surface area contributed by atoms with Crippen molar-refractivity contribution in [2.75, 3.05) is 43.0 Å². The Morgan fingerprint density at radius 2 is 1.81 bits per heavy atom. The smallest absolute Gasteiger partial charge is 0.312 e. The van der Waals surface area contributed by atoms with Crippen molar-refractivity contribution in [2.45, 2.75) is 92.9 Å². The zero-order valence-corrected chi connectivity index (χ0v) is 37.9. The van der Waals surface area contributed by atoms with Gasteiger partial charge in [0.25, 0.3) is 15.9 Å². The molecule has 64 heavy (non-hydrogen) atoms. The third kappa shape index (κ3) is 8.12. The molecule has 10 rings (SSSR count). The van der Waals surface area contributed by atoms with Crippen LogP contribution in [0.1, 0.15) is 80.6 Å². The Hall–Kier alpha value is -5.14. The van der Waals surface area contributed by atoms with E-state index < -0.39 is 37.0 Å². The van der Waals surface area contributed by atoms with Gasteiger partial charge in [-0.3, -0.25) is 19.8 Å². The number of nitrogens with zero attached hydrogens (tertiary/aromatic N) is 5. The predicted molar refractivity (Wildman–Crippen MR) is 243 cm³/mol. The van der Waals surface area contributed by atoms with Gasteiger partial charge in [0.15, 0.2) is 0 Å². The van der Waals surface area contributed by atoms with Crippen LogP contribution in [0.4, 0.5) is 17.2 Å². The van der Waals surface area contributed by atoms with E-state index in [0.717, 1.165) is 99.0 Å². The topological polar surface area (TPSA) is 205 Å². The maximum absolute atomic E-state index is 14.0. The molecule has 3 aromatic heterocycles. The molecule has 18 heteroatoms. The number of morpholine rings is 1. The fourth-order valence-electron chi connectivity index (χ4n) is 10.7. The fraction of sp³-hybridized carbons (Fsp3) is 0.457. The molecule has 0 bridgehead atoms. The molecule has 1 unspecified atom stereocenters. The first kappa shape index (κ1) is 42.8. The van der Waals surface area contributed by atoms with Crippen LogP contribution in [0.2, 0.25) is 0 Å². The largest absolute Gasteiger partial charge is 0.455 e. The minimum atomic E-state index is -4.63. The Bertz CT molecular complexity index is 2720. The number of pyridine rings is 2. The number of carbonyl (C=O) groups excluding carboxylic acids is 1. The Morgan fingerprint density at radius 1 is 1.03 bits per heavy atom. The number of fused-ring (bicyclic) bond motifs is 2. The molecule has 4 N–H and O–H groups in total. The van der Waals surface area contributed by atoms with E-state index in [9.17, 15) is 28.4 Å². The number of hydrogen-bond donors (Lipinski definition) is 4. The number of hydrogen-bond acceptors (Lipinski definition) is 13. The molecule has 3 saturated carbocycles. The van der Waals surface area contributed by atoms with Gasteiger partial charge in [-0.05, 0) is 106 Å². The molecule has 2 saturated heterocycles. The molecule has 3 aliphatic carbocycles. The Labute approximate surface area is 379 Å². The lowest BCUT2D eigenvalue weighted by atomic mass is 9.59. The van der Waals surface area contributed by atoms with Gasteiger partial charge in [-0.25, -0.2) is 23.1 Å². The number of aromatic amines is 1. The van der Waals surface area contributed by atoms with Crippen molar-refractivity contribution >= 4 is 60.1 Å². The Kier molecular flexibility index (Phi) is 11.0. The normalized spacial score (nSPS) is 25.6. The van der Waals surface area contributed by atoms with Crippen molar-refractivity contribution in [3.63, 3.8) is 0 Å². The molecular weight excluding hydrogens is 905 g/mol. The van der Waals surface area contributed by atoms with Crippen LogP contribution in [0.3, 0.4) is 0 Å². The van der Waals surface area contributed by atoms with E-state index in [-0.39, 0.29) is 40.1 Å². The molecular formula is C46H51BrN8O8S. The number of nitro groups is 1. The van der Waals surface area contributed by atoms with Crippen molar-refractivity contribution in [3.8, 4) is 11.5 Å². The molecule has 1 spiro atoms. The summed E-state index contributed by atoms with van der Waals surface area (Å²) < 4.78 is 43.2. The van der Waals surface area contributed by atoms with E-state index in [2.05, 4.69) is 75.0 Å². The second-order valence-corrected chi connectivity index (χ2v) is 21.2. The molecule has 5 heterocycles. The highest BCUT2D eigenvalue weighted by Crippen LogP contribution is 2.62. The highest BCUT2D eigenvalue weighted by Gasteiger charge is 2.66. The van der Waals surface area contributed by atoms with E-state index in [1.807, 2.05) is 6.07 Å². The third-order valence-corrected chi connectivity index (χ3v) is 16.5. The first-order valence-corrected chi connectivity index (χ1v) is 24.3. The van der Waals surface area contributed by atoms with Crippen LogP contribution in [0, 0.1) is 21.4 Å². The van der Waals surface area contributed by atoms with Gasteiger partial charge in [0, 0.05) is 72.5 Å². The summed E-state index contributed by atoms with van der Waals surface area (Å²) >= 11 is 3.82. The maximum Gasteiger partial charge on any atom is 0.312 e. The summed E-state index contributed by atoms with van der Waals surface area (Å²) in [6, 6.07) is 18.6. The van der Waals surface area contributed by atoms with Crippen LogP contribution in [-0.2, 0) is 20.3 Å². The van der Waals surface area contributed by atoms with Crippen molar-refractivity contribution in [2.24, 2.45) is 11.3 Å². The summed E-state index contributed by atoms with van der Waals surface area (Å²) in [5.74, 6) is -0.414. The first-order valence-electron chi connectivity index (χ1n) is 22.0. The number of aliphatic hydroxyl groups is 1. The molecule has 5 fully saturated rings. The molecule has 2 atom stereocenters. The molecule has 5 aliphatic rings. The number of sulfonamides is 1. The highest BCUT2D eigenvalue weighted by atomic mass is 79.9. The molecule has 2 aliphatic heterocycles. The predicted octanol–water partition coefficient (Wildman–Crippen LogP) is 7.64. The van der Waals surface area contributed by atoms with Gasteiger partial charge in [-0.2, -0.15) is 0 Å². The number of nitrogens with one attached hydrogen (secondary N) is 3. The lowest BCUT2D eigenvalue weighted by molar-refractivity contribution is -0.384. The van der Waals surface area contributed by atoms with Gasteiger partial charge in [-0.1, -0.05) is 34.1 Å². The van der Waals surface area contributed by atoms with E-state index in [0.29, 0.717) is 36.8 Å². The summed E-state index contributed by atoms with van der Waals surface area (Å²) in [5, 5.41) is 26.2. The minimum absolute atomic E-state index is 0.0492. The number of ether oxygens (including phenoxy) is 2. The number of piperidine rings is 1. The monoisotopic (exact) mass is 954 g/mol. The van der Waals surface area contributed by atoms with Crippen molar-refractivity contribution in [3.05, 3.63) is 105 Å². The maximum atomic E-state index is 14.0. The van der Waals surface area contributed by atoms with E-state index in [4.69, 9.17) is 9.47 Å². The number of rotatable bonds is 12. The third-order valence-electron chi connectivity index (χ3n) is 14.5. The Balaban J connectivity index is 0.843. The van der Waals surface area contributed by atoms with E-state index >= 15 is 0 Å². The number of benzene rings is 2. The number of H-pyrrole nitrogens is 1. The quantitative estimate of drug-likeness (QED) is 0.0702. The van der Waals surface area contributed by atoms with Gasteiger partial charge in [0.05, 0.1) is 46.7 Å². The molecule has 5 aromatic rings. The number of anilines is 2. The highest BCUT2D eigenvalue weighted by molar-refractivity contribution is 9.10. The zero-order valence-electron chi connectivity index (χ0n) is 35.5. The van der Waals surface area contributed by atoms with Crippen molar-refractivity contribution < 1.29 is 32.7 Å². The molecule has 0 radical (unpaired) electrons. The zero-order chi connectivity index (χ0) is 44.4. The lowest BCUT2D eigenvalue weighted by Crippen LogP contribution is -2.60. The minimum Gasteiger partial charge on any atom is -0.455 e. The summed E-state index contributed by atoms with van der Waals surface area (Å²) in [6.07, 6.45) is 12.5. The van der Waals surface area contributed by atoms with Crippen LogP contribution < -0.4 is 19.7 Å². The number of amides is 1. The van der Waals surface area contributed by atoms with Gasteiger partial charge in [-0.15, -0.1) is 0 Å². The molecule has 336 valence electrons. The standard InChI is InChI=1S/C46H51BrN8O8S/c1-44(57)11-8-29(9-12-44)26-49-42-38(55(58)59)22-34(28-51-42)64(60,61)52-43(56)35-7-6-31(21-39(35)63-33-20-30-10-15-48-41(30)50-27-33)53-16-13-45(14-17-53)23-32(24-45)54-18-19-62-40-25-46(40,54)36-4-2-3-5-37(36)47/h2-7,10,15,20-22,27-29,32,40,57H,8-9,11-14,16-19,23-26H2,1H3,(H,48,50)(H,49,51)(H,52,56)/t29-,40?,44-,46-/m1/s1. The summed E-state index contributed by atoms with van der Waals surface area (Å²) in [5.41, 5.74) is 1.68. The number of aromatic nitrogens is 3. The van der Waals surface area contributed by atoms with Crippen LogP contribution in [0.15, 0.2) is 88.6 Å². The second kappa shape index (κ2) is 16.4. The van der Waals surface area contributed by atoms with Crippen molar-refractivity contribution in [1.29, 1.82) is 0 Å². The van der Waals surface area contributed by atoms with Crippen LogP contribution in [-0.4, -0.2) is 94.7 Å². The van der Waals surface area contributed by atoms with Gasteiger partial charge in [0.2, 0.25) is 5.82 Å². The summed E-state index contributed by atoms with van der Waals surface area (Å²) in [6.45, 7) is 5.47. The van der Waals surface area contributed by atoms with E-state index in [1.165, 1.54) is 11.8 Å². The average molecular weight is 956 g/mol. The number of carbonyl (C=O) groups is 1. The molecule has 2 aromatic carbocycles. The van der Waals surface area contributed by atoms with Crippen LogP contribution >= 0.6 is 15.9 Å². The number of halogens is 1. The van der Waals surface area contributed by atoms with Crippen LogP contribution in [0.5, 0.6) is 11.5 Å². The van der Waals surface area contributed by atoms with Gasteiger partial charge >= 0.3 is 5.69 Å².